The summed E-state index contributed by atoms with van der Waals surface area (Å²) >= 11 is 4.63. The second-order valence-electron chi connectivity index (χ2n) is 2.34. The number of hydrogen-bond acceptors (Lipinski definition) is 2. The number of nitrogens with two attached hydrogens (primary N) is 1. The SMILES string of the molecule is CN(C)C(=O)NCCC(N)=S. The molecule has 0 aromatic carbocycles. The molecule has 5 heteroatoms. The van der Waals surface area contributed by atoms with Crippen molar-refractivity contribution in [2.24, 2.45) is 5.73 Å². The van der Waals surface area contributed by atoms with Crippen molar-refractivity contribution in [3.8, 4) is 0 Å². The standard InChI is InChI=1S/C6H13N3OS/c1-9(2)6(10)8-4-3-5(7)11/h3-4H2,1-2H3,(H2,7,11)(H,8,10). The van der Waals surface area contributed by atoms with Gasteiger partial charge in [0.2, 0.25) is 0 Å². The molecule has 0 unspecified atom stereocenters. The molecule has 0 radical (unpaired) electrons. The molecule has 0 aromatic heterocycles. The van der Waals surface area contributed by atoms with Crippen LogP contribution >= 0.6 is 12.2 Å². The molecule has 0 heterocycles. The van der Waals surface area contributed by atoms with Gasteiger partial charge in [0.05, 0.1) is 4.99 Å². The van der Waals surface area contributed by atoms with Crippen LogP contribution in [0.25, 0.3) is 0 Å². The van der Waals surface area contributed by atoms with Gasteiger partial charge in [-0.2, -0.15) is 0 Å². The zero-order valence-electron chi connectivity index (χ0n) is 6.76. The zero-order chi connectivity index (χ0) is 8.85. The van der Waals surface area contributed by atoms with Gasteiger partial charge >= 0.3 is 6.03 Å². The van der Waals surface area contributed by atoms with Gasteiger partial charge in [0.1, 0.15) is 0 Å². The van der Waals surface area contributed by atoms with Crippen molar-refractivity contribution in [1.29, 1.82) is 0 Å². The first-order valence-electron chi connectivity index (χ1n) is 3.27. The maximum atomic E-state index is 10.9. The lowest BCUT2D eigenvalue weighted by Gasteiger charge is -2.10. The molecule has 64 valence electrons. The normalized spacial score (nSPS) is 8.91. The Bertz CT molecular complexity index is 158. The maximum absolute atomic E-state index is 10.9. The van der Waals surface area contributed by atoms with Gasteiger partial charge in [0, 0.05) is 27.1 Å². The minimum Gasteiger partial charge on any atom is -0.393 e. The van der Waals surface area contributed by atoms with Gasteiger partial charge in [-0.1, -0.05) is 12.2 Å². The van der Waals surface area contributed by atoms with Crippen molar-refractivity contribution in [1.82, 2.24) is 10.2 Å². The Morgan fingerprint density at radius 2 is 2.18 bits per heavy atom. The highest BCUT2D eigenvalue weighted by Crippen LogP contribution is 1.80. The molecule has 0 aliphatic heterocycles. The number of carbonyl (C=O) groups excluding carboxylic acids is 1. The summed E-state index contributed by atoms with van der Waals surface area (Å²) < 4.78 is 0. The van der Waals surface area contributed by atoms with Gasteiger partial charge in [0.25, 0.3) is 0 Å². The molecule has 0 aliphatic rings. The van der Waals surface area contributed by atoms with E-state index in [-0.39, 0.29) is 6.03 Å². The summed E-state index contributed by atoms with van der Waals surface area (Å²) in [5.41, 5.74) is 5.22. The van der Waals surface area contributed by atoms with E-state index in [0.717, 1.165) is 0 Å². The van der Waals surface area contributed by atoms with Crippen LogP contribution in [-0.4, -0.2) is 36.6 Å². The highest BCUT2D eigenvalue weighted by molar-refractivity contribution is 7.80. The Hall–Kier alpha value is -0.840. The van der Waals surface area contributed by atoms with Crippen LogP contribution in [0.1, 0.15) is 6.42 Å². The van der Waals surface area contributed by atoms with Gasteiger partial charge < -0.3 is 16.0 Å². The Balaban J connectivity index is 3.39. The van der Waals surface area contributed by atoms with E-state index >= 15 is 0 Å². The number of hydrogen-bond donors (Lipinski definition) is 2. The first-order valence-corrected chi connectivity index (χ1v) is 3.68. The lowest BCUT2D eigenvalue weighted by molar-refractivity contribution is 0.218. The molecular formula is C6H13N3OS. The fourth-order valence-electron chi connectivity index (χ4n) is 0.451. The fraction of sp³-hybridized carbons (Fsp3) is 0.667. The Labute approximate surface area is 71.7 Å². The first-order chi connectivity index (χ1) is 5.04. The topological polar surface area (TPSA) is 58.4 Å². The molecule has 0 bridgehead atoms. The van der Waals surface area contributed by atoms with Gasteiger partial charge in [-0.25, -0.2) is 4.79 Å². The number of urea groups is 1. The highest BCUT2D eigenvalue weighted by atomic mass is 32.1. The molecule has 0 aliphatic carbocycles. The molecule has 0 rings (SSSR count). The van der Waals surface area contributed by atoms with Crippen molar-refractivity contribution in [2.45, 2.75) is 6.42 Å². The molecule has 0 aromatic rings. The number of amides is 2. The summed E-state index contributed by atoms with van der Waals surface area (Å²) in [4.78, 5) is 12.7. The zero-order valence-corrected chi connectivity index (χ0v) is 7.57. The average Bonchev–Trinajstić information content (AvgIpc) is 1.86. The van der Waals surface area contributed by atoms with E-state index in [9.17, 15) is 4.79 Å². The molecule has 0 saturated carbocycles. The third kappa shape index (κ3) is 5.60. The van der Waals surface area contributed by atoms with Gasteiger partial charge in [0.15, 0.2) is 0 Å². The van der Waals surface area contributed by atoms with E-state index in [0.29, 0.717) is 18.0 Å². The largest absolute Gasteiger partial charge is 0.393 e. The summed E-state index contributed by atoms with van der Waals surface area (Å²) in [7, 11) is 3.35. The van der Waals surface area contributed by atoms with Crippen molar-refractivity contribution >= 4 is 23.2 Å². The van der Waals surface area contributed by atoms with Gasteiger partial charge in [-0.15, -0.1) is 0 Å². The van der Waals surface area contributed by atoms with E-state index < -0.39 is 0 Å². The molecule has 2 amide bonds. The van der Waals surface area contributed by atoms with E-state index in [1.165, 1.54) is 4.90 Å². The van der Waals surface area contributed by atoms with Crippen LogP contribution in [-0.2, 0) is 0 Å². The van der Waals surface area contributed by atoms with Crippen LogP contribution in [0, 0.1) is 0 Å². The maximum Gasteiger partial charge on any atom is 0.316 e. The lowest BCUT2D eigenvalue weighted by Crippen LogP contribution is -2.36. The van der Waals surface area contributed by atoms with Crippen LogP contribution in [0.2, 0.25) is 0 Å². The van der Waals surface area contributed by atoms with E-state index in [2.05, 4.69) is 17.5 Å². The van der Waals surface area contributed by atoms with E-state index in [1.54, 1.807) is 14.1 Å². The molecule has 0 saturated heterocycles. The number of nitrogens with one attached hydrogen (secondary N) is 1. The predicted molar refractivity (Wildman–Crippen MR) is 48.5 cm³/mol. The third-order valence-corrected chi connectivity index (χ3v) is 1.26. The van der Waals surface area contributed by atoms with Crippen LogP contribution in [0.3, 0.4) is 0 Å². The number of carbonyl (C=O) groups is 1. The highest BCUT2D eigenvalue weighted by Gasteiger charge is 2.00. The molecule has 3 N–H and O–H groups in total. The van der Waals surface area contributed by atoms with Gasteiger partial charge in [-0.05, 0) is 0 Å². The van der Waals surface area contributed by atoms with Crippen molar-refractivity contribution < 1.29 is 4.79 Å². The number of nitrogens with zero attached hydrogens (tertiary/aromatic N) is 1. The summed E-state index contributed by atoms with van der Waals surface area (Å²) in [5, 5.41) is 2.63. The Kier molecular flexibility index (Phi) is 4.52. The molecule has 0 spiro atoms. The quantitative estimate of drug-likeness (QED) is 0.590. The third-order valence-electron chi connectivity index (χ3n) is 1.05. The monoisotopic (exact) mass is 175 g/mol. The fourth-order valence-corrected chi connectivity index (χ4v) is 0.553. The van der Waals surface area contributed by atoms with E-state index in [1.807, 2.05) is 0 Å². The molecule has 11 heavy (non-hydrogen) atoms. The van der Waals surface area contributed by atoms with Crippen LogP contribution < -0.4 is 11.1 Å². The summed E-state index contributed by atoms with van der Waals surface area (Å²) in [6.45, 7) is 0.506. The van der Waals surface area contributed by atoms with Crippen LogP contribution in [0.4, 0.5) is 4.79 Å². The summed E-state index contributed by atoms with van der Waals surface area (Å²) in [5.74, 6) is 0. The van der Waals surface area contributed by atoms with Crippen LogP contribution in [0.15, 0.2) is 0 Å². The van der Waals surface area contributed by atoms with Crippen LogP contribution in [0.5, 0.6) is 0 Å². The predicted octanol–water partition coefficient (Wildman–Crippen LogP) is -0.0662. The molecule has 4 nitrogen and oxygen atoms in total. The van der Waals surface area contributed by atoms with E-state index in [4.69, 9.17) is 5.73 Å². The summed E-state index contributed by atoms with van der Waals surface area (Å²) in [6.07, 6.45) is 0.551. The van der Waals surface area contributed by atoms with Gasteiger partial charge in [-0.3, -0.25) is 0 Å². The number of thiocarbonyl (C=S) groups is 1. The minimum atomic E-state index is -0.124. The first kappa shape index (κ1) is 10.2. The van der Waals surface area contributed by atoms with Crippen molar-refractivity contribution in [3.05, 3.63) is 0 Å². The smallest absolute Gasteiger partial charge is 0.316 e. The lowest BCUT2D eigenvalue weighted by atomic mass is 10.4. The molecule has 0 fully saturated rings. The Morgan fingerprint density at radius 3 is 2.55 bits per heavy atom. The molecule has 0 atom stereocenters. The van der Waals surface area contributed by atoms with Crippen molar-refractivity contribution in [3.63, 3.8) is 0 Å². The minimum absolute atomic E-state index is 0.124. The van der Waals surface area contributed by atoms with Crippen molar-refractivity contribution in [2.75, 3.05) is 20.6 Å². The summed E-state index contributed by atoms with van der Waals surface area (Å²) in [6, 6.07) is -0.124. The number of rotatable bonds is 3. The second kappa shape index (κ2) is 4.90. The second-order valence-corrected chi connectivity index (χ2v) is 2.87. The Morgan fingerprint density at radius 1 is 1.64 bits per heavy atom. The average molecular weight is 175 g/mol. The molecular weight excluding hydrogens is 162 g/mol.